The molecule has 1 aliphatic rings. The molecule has 2 aromatic rings. The number of hydrogen-bond donors (Lipinski definition) is 0. The molecule has 0 nitrogen and oxygen atoms in total. The van der Waals surface area contributed by atoms with E-state index in [2.05, 4.69) is 86.0 Å². The van der Waals surface area contributed by atoms with Crippen molar-refractivity contribution in [1.82, 2.24) is 0 Å². The molecule has 0 amide bonds. The summed E-state index contributed by atoms with van der Waals surface area (Å²) in [5, 5.41) is 0. The summed E-state index contributed by atoms with van der Waals surface area (Å²) >= 11 is 0. The zero-order chi connectivity index (χ0) is 18.9. The van der Waals surface area contributed by atoms with E-state index < -0.39 is 0 Å². The number of aryl methyl sites for hydroxylation is 1. The zero-order valence-electron chi connectivity index (χ0n) is 16.5. The minimum Gasteiger partial charge on any atom is -0.103 e. The number of hydrogen-bond acceptors (Lipinski definition) is 0. The molecule has 1 aliphatic carbocycles. The van der Waals surface area contributed by atoms with Crippen molar-refractivity contribution in [3.05, 3.63) is 95.6 Å². The van der Waals surface area contributed by atoms with Crippen molar-refractivity contribution in [2.45, 2.75) is 51.4 Å². The average Bonchev–Trinajstić information content (AvgIpc) is 2.73. The van der Waals surface area contributed by atoms with Crippen molar-refractivity contribution in [3.63, 3.8) is 0 Å². The molecule has 1 fully saturated rings. The van der Waals surface area contributed by atoms with Gasteiger partial charge in [-0.05, 0) is 92.7 Å². The van der Waals surface area contributed by atoms with Gasteiger partial charge in [-0.15, -0.1) is 6.58 Å². The molecule has 1 saturated carbocycles. The molecule has 0 aliphatic heterocycles. The zero-order valence-corrected chi connectivity index (χ0v) is 16.5. The van der Waals surface area contributed by atoms with E-state index >= 15 is 0 Å². The second-order valence-corrected chi connectivity index (χ2v) is 7.53. The first-order chi connectivity index (χ1) is 13.3. The SMILES string of the molecule is C=CCCc1ccc(C#Cc2ccc(C3CCC(/C=C/C)CC3)cc2)cc1. The molecule has 0 saturated heterocycles. The van der Waals surface area contributed by atoms with Crippen LogP contribution in [0.5, 0.6) is 0 Å². The second-order valence-electron chi connectivity index (χ2n) is 7.53. The Morgan fingerprint density at radius 3 is 2.04 bits per heavy atom. The third-order valence-electron chi connectivity index (χ3n) is 5.56. The number of benzene rings is 2. The summed E-state index contributed by atoms with van der Waals surface area (Å²) in [6.45, 7) is 5.91. The van der Waals surface area contributed by atoms with Crippen molar-refractivity contribution >= 4 is 0 Å². The van der Waals surface area contributed by atoms with Crippen LogP contribution in [0.2, 0.25) is 0 Å². The molecule has 2 aromatic carbocycles. The summed E-state index contributed by atoms with van der Waals surface area (Å²) in [5.74, 6) is 8.10. The Bertz CT molecular complexity index is 801. The highest BCUT2D eigenvalue weighted by Gasteiger charge is 2.20. The van der Waals surface area contributed by atoms with Crippen molar-refractivity contribution < 1.29 is 0 Å². The molecule has 27 heavy (non-hydrogen) atoms. The van der Waals surface area contributed by atoms with Crippen LogP contribution in [-0.2, 0) is 6.42 Å². The van der Waals surface area contributed by atoms with Crippen LogP contribution in [-0.4, -0.2) is 0 Å². The van der Waals surface area contributed by atoms with Crippen molar-refractivity contribution in [2.24, 2.45) is 5.92 Å². The fourth-order valence-corrected chi connectivity index (χ4v) is 3.92. The molecule has 0 aromatic heterocycles. The van der Waals surface area contributed by atoms with E-state index in [1.54, 1.807) is 0 Å². The van der Waals surface area contributed by atoms with Gasteiger partial charge >= 0.3 is 0 Å². The van der Waals surface area contributed by atoms with Crippen molar-refractivity contribution in [3.8, 4) is 11.8 Å². The topological polar surface area (TPSA) is 0 Å². The summed E-state index contributed by atoms with van der Waals surface area (Å²) in [5.41, 5.74) is 4.99. The summed E-state index contributed by atoms with van der Waals surface area (Å²) in [7, 11) is 0. The molecule has 0 spiro atoms. The predicted octanol–water partition coefficient (Wildman–Crippen LogP) is 7.05. The summed E-state index contributed by atoms with van der Waals surface area (Å²) < 4.78 is 0. The third kappa shape index (κ3) is 5.73. The molecule has 138 valence electrons. The Balaban J connectivity index is 1.58. The van der Waals surface area contributed by atoms with Crippen LogP contribution >= 0.6 is 0 Å². The van der Waals surface area contributed by atoms with E-state index in [-0.39, 0.29) is 0 Å². The lowest BCUT2D eigenvalue weighted by Gasteiger charge is -2.27. The standard InChI is InChI=1S/C27H30/c1-3-5-7-23-8-10-24(11-9-23)12-13-25-16-20-27(21-17-25)26-18-14-22(6-4-2)15-19-26/h3-4,6,8-11,16-17,20-22,26H,1,5,7,14-15,18-19H2,2H3/b6-4+. The normalized spacial score (nSPS) is 19.4. The summed E-state index contributed by atoms with van der Waals surface area (Å²) in [6, 6.07) is 17.5. The minimum absolute atomic E-state index is 0.719. The Kier molecular flexibility index (Phi) is 7.11. The summed E-state index contributed by atoms with van der Waals surface area (Å²) in [4.78, 5) is 0. The smallest absolute Gasteiger partial charge is 0.0249 e. The van der Waals surface area contributed by atoms with E-state index in [1.807, 2.05) is 6.08 Å². The highest BCUT2D eigenvalue weighted by atomic mass is 14.2. The molecule has 0 radical (unpaired) electrons. The van der Waals surface area contributed by atoms with Gasteiger partial charge in [-0.2, -0.15) is 0 Å². The van der Waals surface area contributed by atoms with Gasteiger partial charge in [0, 0.05) is 11.1 Å². The quantitative estimate of drug-likeness (QED) is 0.398. The van der Waals surface area contributed by atoms with Crippen LogP contribution in [0.15, 0.2) is 73.3 Å². The molecule has 3 rings (SSSR count). The van der Waals surface area contributed by atoms with Gasteiger partial charge in [-0.3, -0.25) is 0 Å². The van der Waals surface area contributed by atoms with Gasteiger partial charge in [0.05, 0.1) is 0 Å². The van der Waals surface area contributed by atoms with Crippen LogP contribution < -0.4 is 0 Å². The maximum atomic E-state index is 3.78. The van der Waals surface area contributed by atoms with Gasteiger partial charge in [-0.1, -0.05) is 54.3 Å². The average molecular weight is 355 g/mol. The summed E-state index contributed by atoms with van der Waals surface area (Å²) in [6.07, 6.45) is 13.9. The maximum absolute atomic E-state index is 3.78. The van der Waals surface area contributed by atoms with Crippen molar-refractivity contribution in [1.29, 1.82) is 0 Å². The monoisotopic (exact) mass is 354 g/mol. The molecule has 0 atom stereocenters. The van der Waals surface area contributed by atoms with Crippen LogP contribution in [0, 0.1) is 17.8 Å². The molecule has 0 N–H and O–H groups in total. The van der Waals surface area contributed by atoms with Crippen molar-refractivity contribution in [2.75, 3.05) is 0 Å². The van der Waals surface area contributed by atoms with Gasteiger partial charge in [0.1, 0.15) is 0 Å². The molecule has 0 heterocycles. The fourth-order valence-electron chi connectivity index (χ4n) is 3.92. The first kappa shape index (κ1) is 19.2. The number of rotatable bonds is 5. The maximum Gasteiger partial charge on any atom is 0.0249 e. The molecular formula is C27H30. The van der Waals surface area contributed by atoms with Crippen LogP contribution in [0.1, 0.15) is 67.2 Å². The lowest BCUT2D eigenvalue weighted by molar-refractivity contribution is 0.375. The molecule has 0 unspecified atom stereocenters. The van der Waals surface area contributed by atoms with Crippen LogP contribution in [0.25, 0.3) is 0 Å². The van der Waals surface area contributed by atoms with E-state index in [4.69, 9.17) is 0 Å². The Morgan fingerprint density at radius 1 is 0.889 bits per heavy atom. The van der Waals surface area contributed by atoms with Gasteiger partial charge in [0.15, 0.2) is 0 Å². The van der Waals surface area contributed by atoms with E-state index in [0.29, 0.717) is 0 Å². The minimum atomic E-state index is 0.719. The number of allylic oxidation sites excluding steroid dienone is 3. The molecule has 0 bridgehead atoms. The van der Waals surface area contributed by atoms with E-state index in [0.717, 1.165) is 35.8 Å². The largest absolute Gasteiger partial charge is 0.103 e. The van der Waals surface area contributed by atoms with E-state index in [9.17, 15) is 0 Å². The van der Waals surface area contributed by atoms with Gasteiger partial charge in [0.2, 0.25) is 0 Å². The molecule has 0 heteroatoms. The highest BCUT2D eigenvalue weighted by molar-refractivity contribution is 5.44. The van der Waals surface area contributed by atoms with Gasteiger partial charge in [0.25, 0.3) is 0 Å². The van der Waals surface area contributed by atoms with Gasteiger partial charge in [-0.25, -0.2) is 0 Å². The Morgan fingerprint density at radius 2 is 1.48 bits per heavy atom. The Labute approximate surface area is 165 Å². The van der Waals surface area contributed by atoms with Crippen LogP contribution in [0.4, 0.5) is 0 Å². The first-order valence-corrected chi connectivity index (χ1v) is 10.2. The van der Waals surface area contributed by atoms with Gasteiger partial charge < -0.3 is 0 Å². The first-order valence-electron chi connectivity index (χ1n) is 10.2. The highest BCUT2D eigenvalue weighted by Crippen LogP contribution is 2.36. The predicted molar refractivity (Wildman–Crippen MR) is 117 cm³/mol. The van der Waals surface area contributed by atoms with E-state index in [1.165, 1.54) is 36.8 Å². The third-order valence-corrected chi connectivity index (χ3v) is 5.56. The molecular weight excluding hydrogens is 324 g/mol. The second kappa shape index (κ2) is 9.98. The fraction of sp³-hybridized carbons (Fsp3) is 0.333. The Hall–Kier alpha value is -2.52. The van der Waals surface area contributed by atoms with Crippen LogP contribution in [0.3, 0.4) is 0 Å². The lowest BCUT2D eigenvalue weighted by Crippen LogP contribution is -2.11. The lowest BCUT2D eigenvalue weighted by atomic mass is 9.78.